The van der Waals surface area contributed by atoms with E-state index in [0.717, 1.165) is 42.9 Å². The van der Waals surface area contributed by atoms with Crippen LogP contribution in [-0.4, -0.2) is 87.8 Å². The number of aromatic amines is 1. The highest BCUT2D eigenvalue weighted by Crippen LogP contribution is 2.34. The molecule has 7 nitrogen and oxygen atoms in total. The zero-order chi connectivity index (χ0) is 28.7. The van der Waals surface area contributed by atoms with Crippen LogP contribution in [0.3, 0.4) is 0 Å². The van der Waals surface area contributed by atoms with E-state index in [-0.39, 0.29) is 17.9 Å². The molecule has 2 bridgehead atoms. The first kappa shape index (κ1) is 28.3. The Kier molecular flexibility index (Phi) is 8.14. The quantitative estimate of drug-likeness (QED) is 0.403. The summed E-state index contributed by atoms with van der Waals surface area (Å²) in [6.45, 7) is 9.17. The van der Waals surface area contributed by atoms with Gasteiger partial charge in [0.15, 0.2) is 0 Å². The molecule has 41 heavy (non-hydrogen) atoms. The normalized spacial score (nSPS) is 23.0. The summed E-state index contributed by atoms with van der Waals surface area (Å²) in [6, 6.07) is 16.4. The first-order valence-electron chi connectivity index (χ1n) is 14.5. The van der Waals surface area contributed by atoms with Gasteiger partial charge in [-0.05, 0) is 62.2 Å². The predicted molar refractivity (Wildman–Crippen MR) is 162 cm³/mol. The van der Waals surface area contributed by atoms with E-state index in [1.54, 1.807) is 6.07 Å². The van der Waals surface area contributed by atoms with Crippen LogP contribution in [0.15, 0.2) is 54.7 Å². The highest BCUT2D eigenvalue weighted by Gasteiger charge is 2.43. The third-order valence-corrected chi connectivity index (χ3v) is 9.64. The largest absolute Gasteiger partial charge is 0.364 e. The molecule has 0 saturated carbocycles. The first-order valence-corrected chi connectivity index (χ1v) is 15.2. The molecule has 0 aliphatic carbocycles. The van der Waals surface area contributed by atoms with Gasteiger partial charge >= 0.3 is 0 Å². The zero-order valence-electron chi connectivity index (χ0n) is 23.7. The molecule has 0 unspecified atom stereocenters. The lowest BCUT2D eigenvalue weighted by molar-refractivity contribution is -0.136. The SMILES string of the molecule is Cc1cc(C)cc(C(=O)N2CCN(C(=O)CCN3C[C@@H]4C[C@H]3CN4Cc3ccc[nH]3)[C@H](c3ccc(Cl)c(Cl)c3)C2)c1. The summed E-state index contributed by atoms with van der Waals surface area (Å²) in [5.74, 6) is 0.108. The fourth-order valence-corrected chi connectivity index (χ4v) is 7.22. The van der Waals surface area contributed by atoms with Crippen molar-refractivity contribution in [3.05, 3.63) is 92.7 Å². The van der Waals surface area contributed by atoms with Crippen molar-refractivity contribution in [2.24, 2.45) is 0 Å². The minimum absolute atomic E-state index is 0.00838. The van der Waals surface area contributed by atoms with E-state index in [1.807, 2.05) is 60.2 Å². The number of benzene rings is 2. The molecule has 3 aliphatic rings. The number of aryl methyl sites for hydroxylation is 2. The minimum Gasteiger partial charge on any atom is -0.364 e. The number of halogens is 2. The van der Waals surface area contributed by atoms with Crippen molar-refractivity contribution in [3.63, 3.8) is 0 Å². The summed E-state index contributed by atoms with van der Waals surface area (Å²) in [5.41, 5.74) is 4.95. The van der Waals surface area contributed by atoms with Crippen LogP contribution >= 0.6 is 23.2 Å². The number of carbonyl (C=O) groups is 2. The number of rotatable bonds is 7. The van der Waals surface area contributed by atoms with Crippen LogP contribution in [0, 0.1) is 13.8 Å². The second-order valence-electron chi connectivity index (χ2n) is 11.8. The van der Waals surface area contributed by atoms with Crippen molar-refractivity contribution in [1.82, 2.24) is 24.6 Å². The maximum atomic E-state index is 13.7. The number of piperazine rings is 2. The van der Waals surface area contributed by atoms with E-state index >= 15 is 0 Å². The first-order chi connectivity index (χ1) is 19.7. The molecule has 0 spiro atoms. The van der Waals surface area contributed by atoms with Crippen molar-refractivity contribution in [2.75, 3.05) is 39.3 Å². The Bertz CT molecular complexity index is 1410. The van der Waals surface area contributed by atoms with Gasteiger partial charge in [-0.3, -0.25) is 19.4 Å². The van der Waals surface area contributed by atoms with Gasteiger partial charge in [0.05, 0.1) is 16.1 Å². The summed E-state index contributed by atoms with van der Waals surface area (Å²) in [7, 11) is 0. The molecule has 3 atom stereocenters. The zero-order valence-corrected chi connectivity index (χ0v) is 25.2. The number of hydrogen-bond donors (Lipinski definition) is 1. The van der Waals surface area contributed by atoms with E-state index < -0.39 is 0 Å². The fourth-order valence-electron chi connectivity index (χ4n) is 6.92. The molecular formula is C32H37Cl2N5O2. The third-order valence-electron chi connectivity index (χ3n) is 8.90. The van der Waals surface area contributed by atoms with Crippen molar-refractivity contribution in [2.45, 2.75) is 51.4 Å². The van der Waals surface area contributed by atoms with Crippen molar-refractivity contribution >= 4 is 35.0 Å². The molecule has 6 rings (SSSR count). The number of aromatic nitrogens is 1. The average molecular weight is 595 g/mol. The van der Waals surface area contributed by atoms with E-state index in [1.165, 1.54) is 12.1 Å². The molecule has 216 valence electrons. The molecule has 3 fully saturated rings. The highest BCUT2D eigenvalue weighted by atomic mass is 35.5. The van der Waals surface area contributed by atoms with Crippen LogP contribution < -0.4 is 0 Å². The number of likely N-dealkylation sites (tertiary alicyclic amines) is 2. The van der Waals surface area contributed by atoms with Gasteiger partial charge in [0.25, 0.3) is 5.91 Å². The van der Waals surface area contributed by atoms with Gasteiger partial charge in [0.1, 0.15) is 0 Å². The average Bonchev–Trinajstić information content (AvgIpc) is 3.70. The molecule has 2 amide bonds. The van der Waals surface area contributed by atoms with Crippen molar-refractivity contribution in [3.8, 4) is 0 Å². The third kappa shape index (κ3) is 6.05. The number of carbonyl (C=O) groups excluding carboxylic acids is 2. The van der Waals surface area contributed by atoms with E-state index in [9.17, 15) is 9.59 Å². The molecule has 3 aliphatic heterocycles. The predicted octanol–water partition coefficient (Wildman–Crippen LogP) is 5.31. The maximum absolute atomic E-state index is 13.7. The number of H-pyrrole nitrogens is 1. The van der Waals surface area contributed by atoms with Crippen molar-refractivity contribution in [1.29, 1.82) is 0 Å². The van der Waals surface area contributed by atoms with E-state index in [2.05, 4.69) is 26.9 Å². The molecule has 9 heteroatoms. The molecule has 3 aromatic rings. The lowest BCUT2D eigenvalue weighted by Gasteiger charge is -2.42. The standard InChI is InChI=1S/C32H37Cl2N5O2/c1-21-12-22(2)14-24(13-21)32(41)37-10-11-39(30(20-37)23-5-6-28(33)29(34)15-23)31(40)7-9-36-18-27-16-26(36)19-38(27)17-25-4-3-8-35-25/h3-6,8,12-15,26-27,30,35H,7,9-11,16-20H2,1-2H3/t26-,27-,30-/m0/s1. The van der Waals surface area contributed by atoms with Gasteiger partial charge in [-0.2, -0.15) is 0 Å². The number of nitrogens with zero attached hydrogens (tertiary/aromatic N) is 4. The van der Waals surface area contributed by atoms with Crippen LogP contribution in [0.5, 0.6) is 0 Å². The van der Waals surface area contributed by atoms with Crippen LogP contribution in [0.1, 0.15) is 51.6 Å². The van der Waals surface area contributed by atoms with Gasteiger partial charge in [-0.1, -0.05) is 46.5 Å². The highest BCUT2D eigenvalue weighted by molar-refractivity contribution is 6.42. The Morgan fingerprint density at radius 1 is 0.902 bits per heavy atom. The second kappa shape index (κ2) is 11.8. The molecule has 1 aromatic heterocycles. The summed E-state index contributed by atoms with van der Waals surface area (Å²) in [4.78, 5) is 39.4. The van der Waals surface area contributed by atoms with Gasteiger partial charge < -0.3 is 14.8 Å². The van der Waals surface area contributed by atoms with E-state index in [0.29, 0.717) is 53.7 Å². The minimum atomic E-state index is -0.285. The Morgan fingerprint density at radius 2 is 1.66 bits per heavy atom. The number of hydrogen-bond acceptors (Lipinski definition) is 4. The van der Waals surface area contributed by atoms with Gasteiger partial charge in [-0.15, -0.1) is 0 Å². The topological polar surface area (TPSA) is 62.9 Å². The summed E-state index contributed by atoms with van der Waals surface area (Å²) in [5, 5.41) is 0.924. The molecule has 2 aromatic carbocycles. The molecule has 1 N–H and O–H groups in total. The van der Waals surface area contributed by atoms with Gasteiger partial charge in [0.2, 0.25) is 5.91 Å². The second-order valence-corrected chi connectivity index (χ2v) is 12.6. The lowest BCUT2D eigenvalue weighted by Crippen LogP contribution is -2.53. The Balaban J connectivity index is 1.12. The Hall–Kier alpha value is -2.84. The number of nitrogens with one attached hydrogen (secondary N) is 1. The van der Waals surface area contributed by atoms with E-state index in [4.69, 9.17) is 23.2 Å². The fraction of sp³-hybridized carbons (Fsp3) is 0.438. The number of fused-ring (bicyclic) bond motifs is 2. The molecule has 4 heterocycles. The monoisotopic (exact) mass is 593 g/mol. The summed E-state index contributed by atoms with van der Waals surface area (Å²) >= 11 is 12.6. The molecular weight excluding hydrogens is 557 g/mol. The van der Waals surface area contributed by atoms with Crippen LogP contribution in [-0.2, 0) is 11.3 Å². The van der Waals surface area contributed by atoms with Gasteiger partial charge in [0, 0.05) is 81.8 Å². The smallest absolute Gasteiger partial charge is 0.254 e. The summed E-state index contributed by atoms with van der Waals surface area (Å²) in [6.07, 6.45) is 3.61. The van der Waals surface area contributed by atoms with Crippen LogP contribution in [0.2, 0.25) is 10.0 Å². The Morgan fingerprint density at radius 3 is 2.34 bits per heavy atom. The van der Waals surface area contributed by atoms with Crippen LogP contribution in [0.25, 0.3) is 0 Å². The Labute approximate surface area is 252 Å². The molecule has 0 radical (unpaired) electrons. The number of amides is 2. The maximum Gasteiger partial charge on any atom is 0.254 e. The molecule has 3 saturated heterocycles. The summed E-state index contributed by atoms with van der Waals surface area (Å²) < 4.78 is 0. The van der Waals surface area contributed by atoms with Gasteiger partial charge in [-0.25, -0.2) is 0 Å². The van der Waals surface area contributed by atoms with Crippen molar-refractivity contribution < 1.29 is 9.59 Å². The van der Waals surface area contributed by atoms with Crippen LogP contribution in [0.4, 0.5) is 0 Å². The lowest BCUT2D eigenvalue weighted by atomic mass is 10.00.